The van der Waals surface area contributed by atoms with Crippen molar-refractivity contribution in [2.45, 2.75) is 52.7 Å². The van der Waals surface area contributed by atoms with E-state index in [1.807, 2.05) is 13.8 Å². The van der Waals surface area contributed by atoms with E-state index in [1.165, 1.54) is 4.90 Å². The average molecular weight is 245 g/mol. The lowest BCUT2D eigenvalue weighted by Gasteiger charge is -2.32. The van der Waals surface area contributed by atoms with Crippen molar-refractivity contribution in [3.63, 3.8) is 0 Å². The topological polar surface area (TPSA) is 66.8 Å². The van der Waals surface area contributed by atoms with Crippen LogP contribution in [0.2, 0.25) is 0 Å². The Kier molecular flexibility index (Phi) is 5.45. The Bertz CT molecular complexity index is 281. The lowest BCUT2D eigenvalue weighted by atomic mass is 10.00. The molecule has 5 nitrogen and oxygen atoms in total. The van der Waals surface area contributed by atoms with Crippen LogP contribution in [0.4, 0.5) is 4.79 Å². The Labute approximate surface area is 103 Å². The fourth-order valence-electron chi connectivity index (χ4n) is 1.47. The summed E-state index contributed by atoms with van der Waals surface area (Å²) in [4.78, 5) is 23.9. The molecular weight excluding hydrogens is 222 g/mol. The van der Waals surface area contributed by atoms with Gasteiger partial charge in [0.25, 0.3) is 0 Å². The number of carbonyl (C=O) groups excluding carboxylic acids is 1. The number of aliphatic carboxylic acids is 1. The molecule has 0 aliphatic heterocycles. The largest absolute Gasteiger partial charge is 0.481 e. The predicted molar refractivity (Wildman–Crippen MR) is 64.9 cm³/mol. The number of hydrogen-bond donors (Lipinski definition) is 1. The van der Waals surface area contributed by atoms with Crippen molar-refractivity contribution in [2.24, 2.45) is 5.92 Å². The first-order valence-electron chi connectivity index (χ1n) is 5.72. The standard InChI is InChI=1S/C12H23NO4/c1-8(2)9(7-10(14)15)13(6)11(16)17-12(3,4)5/h8-9H,7H2,1-6H3,(H,14,15)/t9-/m0/s1. The molecule has 0 aromatic carbocycles. The van der Waals surface area contributed by atoms with E-state index in [4.69, 9.17) is 9.84 Å². The number of carboxylic acid groups (broad SMARTS) is 1. The van der Waals surface area contributed by atoms with Gasteiger partial charge in [0.15, 0.2) is 0 Å². The van der Waals surface area contributed by atoms with Gasteiger partial charge >= 0.3 is 12.1 Å². The highest BCUT2D eigenvalue weighted by Crippen LogP contribution is 2.17. The SMILES string of the molecule is CC(C)[C@H](CC(=O)O)N(C)C(=O)OC(C)(C)C. The Morgan fingerprint density at radius 1 is 1.29 bits per heavy atom. The molecule has 0 heterocycles. The lowest BCUT2D eigenvalue weighted by Crippen LogP contribution is -2.44. The number of amides is 1. The fourth-order valence-corrected chi connectivity index (χ4v) is 1.47. The molecule has 0 spiro atoms. The first kappa shape index (κ1) is 15.7. The molecule has 0 aromatic rings. The Morgan fingerprint density at radius 3 is 2.06 bits per heavy atom. The Balaban J connectivity index is 4.66. The zero-order chi connectivity index (χ0) is 13.8. The Hall–Kier alpha value is -1.26. The van der Waals surface area contributed by atoms with Gasteiger partial charge in [-0.3, -0.25) is 4.79 Å². The number of ether oxygens (including phenoxy) is 1. The van der Waals surface area contributed by atoms with Crippen molar-refractivity contribution >= 4 is 12.1 Å². The smallest absolute Gasteiger partial charge is 0.410 e. The van der Waals surface area contributed by atoms with Gasteiger partial charge in [-0.15, -0.1) is 0 Å². The summed E-state index contributed by atoms with van der Waals surface area (Å²) in [6.07, 6.45) is -0.564. The summed E-state index contributed by atoms with van der Waals surface area (Å²) in [5.74, 6) is -0.859. The van der Waals surface area contributed by atoms with E-state index in [-0.39, 0.29) is 18.4 Å². The van der Waals surface area contributed by atoms with Gasteiger partial charge in [-0.1, -0.05) is 13.8 Å². The van der Waals surface area contributed by atoms with Crippen molar-refractivity contribution in [1.29, 1.82) is 0 Å². The molecule has 1 amide bonds. The fraction of sp³-hybridized carbons (Fsp3) is 0.833. The predicted octanol–water partition coefficient (Wildman–Crippen LogP) is 2.35. The third-order valence-electron chi connectivity index (χ3n) is 2.33. The normalized spacial score (nSPS) is 13.4. The highest BCUT2D eigenvalue weighted by Gasteiger charge is 2.28. The lowest BCUT2D eigenvalue weighted by molar-refractivity contribution is -0.138. The quantitative estimate of drug-likeness (QED) is 0.825. The third kappa shape index (κ3) is 6.14. The van der Waals surface area contributed by atoms with Crippen LogP contribution in [0.5, 0.6) is 0 Å². The summed E-state index contributed by atoms with van der Waals surface area (Å²) in [6, 6.07) is -0.359. The second-order valence-corrected chi connectivity index (χ2v) is 5.50. The van der Waals surface area contributed by atoms with E-state index in [9.17, 15) is 9.59 Å². The molecule has 0 aliphatic carbocycles. The highest BCUT2D eigenvalue weighted by molar-refractivity contribution is 5.71. The molecule has 0 bridgehead atoms. The average Bonchev–Trinajstić information content (AvgIpc) is 2.09. The molecule has 0 fully saturated rings. The summed E-state index contributed by atoms with van der Waals surface area (Å²) in [5, 5.41) is 8.82. The van der Waals surface area contributed by atoms with Crippen LogP contribution in [0.3, 0.4) is 0 Å². The van der Waals surface area contributed by atoms with E-state index < -0.39 is 17.7 Å². The monoisotopic (exact) mass is 245 g/mol. The van der Waals surface area contributed by atoms with E-state index in [1.54, 1.807) is 27.8 Å². The minimum absolute atomic E-state index is 0.0589. The molecule has 0 radical (unpaired) electrons. The summed E-state index contributed by atoms with van der Waals surface area (Å²) in [6.45, 7) is 9.10. The highest BCUT2D eigenvalue weighted by atomic mass is 16.6. The molecule has 0 rings (SSSR count). The minimum Gasteiger partial charge on any atom is -0.481 e. The molecule has 5 heteroatoms. The molecule has 0 saturated carbocycles. The first-order chi connectivity index (χ1) is 7.54. The molecule has 0 unspecified atom stereocenters. The number of rotatable bonds is 4. The van der Waals surface area contributed by atoms with Crippen molar-refractivity contribution < 1.29 is 19.4 Å². The van der Waals surface area contributed by atoms with Crippen LogP contribution >= 0.6 is 0 Å². The van der Waals surface area contributed by atoms with Crippen LogP contribution in [0.15, 0.2) is 0 Å². The van der Waals surface area contributed by atoms with Crippen LogP contribution in [0, 0.1) is 5.92 Å². The van der Waals surface area contributed by atoms with E-state index in [0.717, 1.165) is 0 Å². The van der Waals surface area contributed by atoms with Crippen LogP contribution in [-0.2, 0) is 9.53 Å². The molecule has 1 N–H and O–H groups in total. The number of nitrogens with zero attached hydrogens (tertiary/aromatic N) is 1. The van der Waals surface area contributed by atoms with Crippen molar-refractivity contribution in [1.82, 2.24) is 4.90 Å². The summed E-state index contributed by atoms with van der Waals surface area (Å²) in [5.41, 5.74) is -0.573. The second kappa shape index (κ2) is 5.89. The molecule has 0 aliphatic rings. The van der Waals surface area contributed by atoms with Gasteiger partial charge in [0.05, 0.1) is 6.42 Å². The van der Waals surface area contributed by atoms with Gasteiger partial charge in [0.2, 0.25) is 0 Å². The Morgan fingerprint density at radius 2 is 1.76 bits per heavy atom. The maximum Gasteiger partial charge on any atom is 0.410 e. The van der Waals surface area contributed by atoms with Crippen LogP contribution in [0.25, 0.3) is 0 Å². The number of carboxylic acids is 1. The van der Waals surface area contributed by atoms with Crippen molar-refractivity contribution in [3.8, 4) is 0 Å². The van der Waals surface area contributed by atoms with Gasteiger partial charge in [0, 0.05) is 13.1 Å². The third-order valence-corrected chi connectivity index (χ3v) is 2.33. The van der Waals surface area contributed by atoms with Gasteiger partial charge in [-0.2, -0.15) is 0 Å². The van der Waals surface area contributed by atoms with E-state index >= 15 is 0 Å². The summed E-state index contributed by atoms with van der Waals surface area (Å²) >= 11 is 0. The van der Waals surface area contributed by atoms with Crippen LogP contribution in [0.1, 0.15) is 41.0 Å². The molecule has 17 heavy (non-hydrogen) atoms. The van der Waals surface area contributed by atoms with E-state index in [0.29, 0.717) is 0 Å². The zero-order valence-corrected chi connectivity index (χ0v) is 11.5. The molecule has 0 saturated heterocycles. The van der Waals surface area contributed by atoms with Gasteiger partial charge < -0.3 is 14.7 Å². The minimum atomic E-state index is -0.917. The van der Waals surface area contributed by atoms with E-state index in [2.05, 4.69) is 0 Å². The number of hydrogen-bond acceptors (Lipinski definition) is 3. The first-order valence-corrected chi connectivity index (χ1v) is 5.72. The summed E-state index contributed by atoms with van der Waals surface area (Å²) in [7, 11) is 1.57. The maximum absolute atomic E-state index is 11.8. The van der Waals surface area contributed by atoms with Gasteiger partial charge in [-0.05, 0) is 26.7 Å². The summed E-state index contributed by atoms with van der Waals surface area (Å²) < 4.78 is 5.21. The molecule has 100 valence electrons. The molecule has 0 aromatic heterocycles. The van der Waals surface area contributed by atoms with Gasteiger partial charge in [0.1, 0.15) is 5.60 Å². The van der Waals surface area contributed by atoms with Crippen LogP contribution in [-0.4, -0.2) is 40.8 Å². The van der Waals surface area contributed by atoms with Crippen molar-refractivity contribution in [3.05, 3.63) is 0 Å². The number of carbonyl (C=O) groups is 2. The van der Waals surface area contributed by atoms with Crippen molar-refractivity contribution in [2.75, 3.05) is 7.05 Å². The molecular formula is C12H23NO4. The zero-order valence-electron chi connectivity index (χ0n) is 11.5. The maximum atomic E-state index is 11.8. The molecule has 1 atom stereocenters. The van der Waals surface area contributed by atoms with Crippen LogP contribution < -0.4 is 0 Å². The van der Waals surface area contributed by atoms with Gasteiger partial charge in [-0.25, -0.2) is 4.79 Å². The second-order valence-electron chi connectivity index (χ2n) is 5.50.